The SMILES string of the molecule is NC[C@@H]1C[C@H]2CC[C@H]1O2. The normalized spacial score (nSPS) is 48.3. The summed E-state index contributed by atoms with van der Waals surface area (Å²) in [4.78, 5) is 0. The number of fused-ring (bicyclic) bond motifs is 2. The van der Waals surface area contributed by atoms with E-state index in [1.807, 2.05) is 0 Å². The molecular weight excluding hydrogens is 114 g/mol. The Morgan fingerprint density at radius 1 is 1.44 bits per heavy atom. The summed E-state index contributed by atoms with van der Waals surface area (Å²) in [5, 5.41) is 0. The van der Waals surface area contributed by atoms with E-state index in [0.29, 0.717) is 18.1 Å². The molecule has 2 bridgehead atoms. The van der Waals surface area contributed by atoms with E-state index in [1.165, 1.54) is 19.3 Å². The fourth-order valence-electron chi connectivity index (χ4n) is 1.99. The van der Waals surface area contributed by atoms with Crippen molar-refractivity contribution in [1.29, 1.82) is 0 Å². The quantitative estimate of drug-likeness (QED) is 0.557. The van der Waals surface area contributed by atoms with Crippen molar-refractivity contribution in [2.75, 3.05) is 6.54 Å². The van der Waals surface area contributed by atoms with Gasteiger partial charge in [-0.05, 0) is 31.7 Å². The molecule has 2 saturated heterocycles. The molecule has 2 N–H and O–H groups in total. The lowest BCUT2D eigenvalue weighted by molar-refractivity contribution is 0.0936. The number of hydrogen-bond donors (Lipinski definition) is 1. The summed E-state index contributed by atoms with van der Waals surface area (Å²) < 4.78 is 5.60. The first-order valence-electron chi connectivity index (χ1n) is 3.75. The molecule has 0 unspecified atom stereocenters. The van der Waals surface area contributed by atoms with Crippen LogP contribution in [-0.4, -0.2) is 18.8 Å². The molecule has 0 aliphatic carbocycles. The fourth-order valence-corrected chi connectivity index (χ4v) is 1.99. The minimum atomic E-state index is 0.528. The Balaban J connectivity index is 2.01. The number of hydrogen-bond acceptors (Lipinski definition) is 2. The molecule has 2 aliphatic heterocycles. The van der Waals surface area contributed by atoms with E-state index < -0.39 is 0 Å². The van der Waals surface area contributed by atoms with Gasteiger partial charge in [-0.3, -0.25) is 0 Å². The number of nitrogens with two attached hydrogens (primary N) is 1. The van der Waals surface area contributed by atoms with E-state index in [4.69, 9.17) is 10.5 Å². The molecule has 3 atom stereocenters. The topological polar surface area (TPSA) is 35.2 Å². The van der Waals surface area contributed by atoms with Crippen molar-refractivity contribution < 1.29 is 4.74 Å². The lowest BCUT2D eigenvalue weighted by Gasteiger charge is -2.14. The van der Waals surface area contributed by atoms with E-state index in [0.717, 1.165) is 6.54 Å². The van der Waals surface area contributed by atoms with Crippen LogP contribution < -0.4 is 5.73 Å². The highest BCUT2D eigenvalue weighted by molar-refractivity contribution is 4.89. The van der Waals surface area contributed by atoms with Gasteiger partial charge in [0.25, 0.3) is 0 Å². The van der Waals surface area contributed by atoms with Gasteiger partial charge < -0.3 is 10.5 Å². The third-order valence-corrected chi connectivity index (χ3v) is 2.53. The molecule has 0 aromatic rings. The van der Waals surface area contributed by atoms with Gasteiger partial charge in [0.2, 0.25) is 0 Å². The van der Waals surface area contributed by atoms with Gasteiger partial charge in [-0.25, -0.2) is 0 Å². The van der Waals surface area contributed by atoms with Gasteiger partial charge in [0.05, 0.1) is 12.2 Å². The van der Waals surface area contributed by atoms with Gasteiger partial charge in [0, 0.05) is 0 Å². The second kappa shape index (κ2) is 1.96. The van der Waals surface area contributed by atoms with Gasteiger partial charge >= 0.3 is 0 Å². The standard InChI is InChI=1S/C7H13NO/c8-4-5-3-6-1-2-7(5)9-6/h5-7H,1-4,8H2/t5-,6+,7+/m0/s1. The zero-order chi connectivity index (χ0) is 6.27. The molecule has 0 amide bonds. The van der Waals surface area contributed by atoms with Crippen LogP contribution in [0.4, 0.5) is 0 Å². The van der Waals surface area contributed by atoms with Crippen LogP contribution in [0.2, 0.25) is 0 Å². The van der Waals surface area contributed by atoms with E-state index >= 15 is 0 Å². The summed E-state index contributed by atoms with van der Waals surface area (Å²) >= 11 is 0. The molecular formula is C7H13NO. The Kier molecular flexibility index (Phi) is 1.24. The molecule has 0 radical (unpaired) electrons. The Hall–Kier alpha value is -0.0800. The van der Waals surface area contributed by atoms with Crippen molar-refractivity contribution in [3.8, 4) is 0 Å². The minimum Gasteiger partial charge on any atom is -0.375 e. The molecule has 0 aromatic carbocycles. The van der Waals surface area contributed by atoms with Gasteiger partial charge in [-0.2, -0.15) is 0 Å². The highest BCUT2D eigenvalue weighted by Crippen LogP contribution is 2.37. The molecule has 2 fully saturated rings. The number of rotatable bonds is 1. The predicted molar refractivity (Wildman–Crippen MR) is 35.1 cm³/mol. The van der Waals surface area contributed by atoms with Gasteiger partial charge in [0.15, 0.2) is 0 Å². The zero-order valence-corrected chi connectivity index (χ0v) is 5.55. The molecule has 2 heterocycles. The first-order valence-corrected chi connectivity index (χ1v) is 3.75. The van der Waals surface area contributed by atoms with Crippen molar-refractivity contribution in [3.05, 3.63) is 0 Å². The van der Waals surface area contributed by atoms with E-state index in [1.54, 1.807) is 0 Å². The highest BCUT2D eigenvalue weighted by Gasteiger charge is 2.39. The smallest absolute Gasteiger partial charge is 0.0621 e. The molecule has 2 heteroatoms. The summed E-state index contributed by atoms with van der Waals surface area (Å²) in [7, 11) is 0. The first-order chi connectivity index (χ1) is 4.40. The van der Waals surface area contributed by atoms with Crippen LogP contribution in [0.3, 0.4) is 0 Å². The molecule has 0 spiro atoms. The summed E-state index contributed by atoms with van der Waals surface area (Å²) in [6.45, 7) is 0.821. The third-order valence-electron chi connectivity index (χ3n) is 2.53. The van der Waals surface area contributed by atoms with Crippen molar-refractivity contribution in [3.63, 3.8) is 0 Å². The van der Waals surface area contributed by atoms with E-state index in [-0.39, 0.29) is 0 Å². The average Bonchev–Trinajstić information content (AvgIpc) is 2.45. The second-order valence-electron chi connectivity index (χ2n) is 3.11. The lowest BCUT2D eigenvalue weighted by atomic mass is 9.89. The summed E-state index contributed by atoms with van der Waals surface area (Å²) in [6.07, 6.45) is 4.86. The maximum Gasteiger partial charge on any atom is 0.0621 e. The van der Waals surface area contributed by atoms with Crippen LogP contribution in [0.1, 0.15) is 19.3 Å². The van der Waals surface area contributed by atoms with Gasteiger partial charge in [-0.15, -0.1) is 0 Å². The van der Waals surface area contributed by atoms with Crippen molar-refractivity contribution in [2.24, 2.45) is 11.7 Å². The number of ether oxygens (including phenoxy) is 1. The monoisotopic (exact) mass is 127 g/mol. The molecule has 2 rings (SSSR count). The second-order valence-corrected chi connectivity index (χ2v) is 3.11. The van der Waals surface area contributed by atoms with Crippen LogP contribution >= 0.6 is 0 Å². The minimum absolute atomic E-state index is 0.528. The van der Waals surface area contributed by atoms with Crippen molar-refractivity contribution in [1.82, 2.24) is 0 Å². The fraction of sp³-hybridized carbons (Fsp3) is 1.00. The highest BCUT2D eigenvalue weighted by atomic mass is 16.5. The van der Waals surface area contributed by atoms with Crippen LogP contribution in [0.25, 0.3) is 0 Å². The molecule has 2 aliphatic rings. The van der Waals surface area contributed by atoms with Crippen LogP contribution in [0.15, 0.2) is 0 Å². The summed E-state index contributed by atoms with van der Waals surface area (Å²) in [5.41, 5.74) is 5.54. The third kappa shape index (κ3) is 0.775. The Morgan fingerprint density at radius 2 is 2.33 bits per heavy atom. The maximum atomic E-state index is 5.60. The lowest BCUT2D eigenvalue weighted by Crippen LogP contribution is -2.24. The average molecular weight is 127 g/mol. The maximum absolute atomic E-state index is 5.60. The molecule has 52 valence electrons. The Morgan fingerprint density at radius 3 is 2.67 bits per heavy atom. The van der Waals surface area contributed by atoms with Gasteiger partial charge in [-0.1, -0.05) is 0 Å². The van der Waals surface area contributed by atoms with Crippen LogP contribution in [0.5, 0.6) is 0 Å². The molecule has 2 nitrogen and oxygen atoms in total. The first kappa shape index (κ1) is 5.69. The molecule has 0 saturated carbocycles. The summed E-state index contributed by atoms with van der Waals surface area (Å²) in [5.74, 6) is 0.684. The molecule has 9 heavy (non-hydrogen) atoms. The Labute approximate surface area is 55.4 Å². The van der Waals surface area contributed by atoms with Crippen molar-refractivity contribution >= 4 is 0 Å². The van der Waals surface area contributed by atoms with Crippen molar-refractivity contribution in [2.45, 2.75) is 31.5 Å². The van der Waals surface area contributed by atoms with Gasteiger partial charge in [0.1, 0.15) is 0 Å². The molecule has 0 aromatic heterocycles. The largest absolute Gasteiger partial charge is 0.375 e. The summed E-state index contributed by atoms with van der Waals surface area (Å²) in [6, 6.07) is 0. The zero-order valence-electron chi connectivity index (χ0n) is 5.55. The van der Waals surface area contributed by atoms with Crippen LogP contribution in [-0.2, 0) is 4.74 Å². The van der Waals surface area contributed by atoms with E-state index in [9.17, 15) is 0 Å². The predicted octanol–water partition coefficient (Wildman–Crippen LogP) is 0.513. The van der Waals surface area contributed by atoms with E-state index in [2.05, 4.69) is 0 Å². The van der Waals surface area contributed by atoms with Crippen LogP contribution in [0, 0.1) is 5.92 Å². The Bertz CT molecular complexity index is 115.